The van der Waals surface area contributed by atoms with Gasteiger partial charge in [0, 0.05) is 35.1 Å². The van der Waals surface area contributed by atoms with Crippen molar-refractivity contribution in [3.8, 4) is 0 Å². The van der Waals surface area contributed by atoms with E-state index in [9.17, 15) is 14.4 Å². The molecule has 0 bridgehead atoms. The maximum atomic E-state index is 13.0. The molecule has 4 aromatic rings. The summed E-state index contributed by atoms with van der Waals surface area (Å²) in [4.78, 5) is 39.6. The number of benzene rings is 2. The number of pyridine rings is 1. The summed E-state index contributed by atoms with van der Waals surface area (Å²) < 4.78 is 2.82. The number of carbonyl (C=O) groups excluding carboxylic acids is 2. The van der Waals surface area contributed by atoms with E-state index >= 15 is 0 Å². The minimum absolute atomic E-state index is 0.0710. The predicted octanol–water partition coefficient (Wildman–Crippen LogP) is 3.96. The molecule has 4 rings (SSSR count). The molecule has 0 spiro atoms. The van der Waals surface area contributed by atoms with Crippen molar-refractivity contribution in [3.05, 3.63) is 118 Å². The number of hydrogen-bond acceptors (Lipinski definition) is 4. The molecule has 7 heteroatoms. The summed E-state index contributed by atoms with van der Waals surface area (Å²) in [5, 5.41) is 6.56. The SMILES string of the molecule is C=CCNC(=O)c1cn(Cc2ccccc2)cc(C(=O)NCc2cc3ccccc3s2)c1=O. The molecule has 0 aliphatic carbocycles. The second kappa shape index (κ2) is 10.1. The molecule has 0 aliphatic rings. The first-order chi connectivity index (χ1) is 16.0. The lowest BCUT2D eigenvalue weighted by Crippen LogP contribution is -2.35. The van der Waals surface area contributed by atoms with Gasteiger partial charge in [-0.1, -0.05) is 54.6 Å². The summed E-state index contributed by atoms with van der Waals surface area (Å²) in [6.45, 7) is 4.51. The van der Waals surface area contributed by atoms with E-state index in [2.05, 4.69) is 17.2 Å². The van der Waals surface area contributed by atoms with Crippen molar-refractivity contribution < 1.29 is 9.59 Å². The number of aromatic nitrogens is 1. The largest absolute Gasteiger partial charge is 0.348 e. The summed E-state index contributed by atoms with van der Waals surface area (Å²) in [5.74, 6) is -1.06. The molecule has 0 aliphatic heterocycles. The van der Waals surface area contributed by atoms with Crippen LogP contribution >= 0.6 is 11.3 Å². The third-order valence-corrected chi connectivity index (χ3v) is 6.20. The van der Waals surface area contributed by atoms with Crippen molar-refractivity contribution in [1.82, 2.24) is 15.2 Å². The van der Waals surface area contributed by atoms with Crippen LogP contribution in [0.3, 0.4) is 0 Å². The molecular formula is C26H23N3O3S. The average Bonchev–Trinajstić information content (AvgIpc) is 3.25. The smallest absolute Gasteiger partial charge is 0.257 e. The second-order valence-electron chi connectivity index (χ2n) is 7.50. The lowest BCUT2D eigenvalue weighted by molar-refractivity contribution is 0.0949. The highest BCUT2D eigenvalue weighted by molar-refractivity contribution is 7.19. The van der Waals surface area contributed by atoms with Crippen LogP contribution in [0.1, 0.15) is 31.2 Å². The minimum Gasteiger partial charge on any atom is -0.348 e. The van der Waals surface area contributed by atoms with Crippen molar-refractivity contribution >= 4 is 33.2 Å². The van der Waals surface area contributed by atoms with E-state index in [1.165, 1.54) is 18.5 Å². The van der Waals surface area contributed by atoms with Crippen LogP contribution in [0.4, 0.5) is 0 Å². The highest BCUT2D eigenvalue weighted by Gasteiger charge is 2.19. The molecule has 33 heavy (non-hydrogen) atoms. The Morgan fingerprint density at radius 3 is 2.30 bits per heavy atom. The lowest BCUT2D eigenvalue weighted by Gasteiger charge is -2.12. The Labute approximate surface area is 195 Å². The molecule has 0 saturated carbocycles. The molecule has 0 radical (unpaired) electrons. The van der Waals surface area contributed by atoms with E-state index in [-0.39, 0.29) is 17.7 Å². The first kappa shape index (κ1) is 22.2. The van der Waals surface area contributed by atoms with Crippen LogP contribution in [0, 0.1) is 0 Å². The zero-order chi connectivity index (χ0) is 23.2. The number of hydrogen-bond donors (Lipinski definition) is 2. The predicted molar refractivity (Wildman–Crippen MR) is 132 cm³/mol. The summed E-state index contributed by atoms with van der Waals surface area (Å²) >= 11 is 1.59. The Balaban J connectivity index is 1.61. The normalized spacial score (nSPS) is 10.7. The van der Waals surface area contributed by atoms with E-state index in [4.69, 9.17) is 0 Å². The summed E-state index contributed by atoms with van der Waals surface area (Å²) in [7, 11) is 0. The summed E-state index contributed by atoms with van der Waals surface area (Å²) in [6, 6.07) is 19.6. The van der Waals surface area contributed by atoms with Gasteiger partial charge in [-0.25, -0.2) is 0 Å². The Morgan fingerprint density at radius 2 is 1.61 bits per heavy atom. The van der Waals surface area contributed by atoms with Gasteiger partial charge in [0.25, 0.3) is 11.8 Å². The zero-order valence-corrected chi connectivity index (χ0v) is 18.7. The van der Waals surface area contributed by atoms with Crippen LogP contribution in [0.5, 0.6) is 0 Å². The maximum Gasteiger partial charge on any atom is 0.257 e. The number of rotatable bonds is 8. The van der Waals surface area contributed by atoms with Gasteiger partial charge >= 0.3 is 0 Å². The number of carbonyl (C=O) groups is 2. The van der Waals surface area contributed by atoms with Crippen LogP contribution in [0.15, 0.2) is 90.5 Å². The molecule has 2 amide bonds. The third kappa shape index (κ3) is 5.27. The zero-order valence-electron chi connectivity index (χ0n) is 17.9. The fourth-order valence-corrected chi connectivity index (χ4v) is 4.49. The van der Waals surface area contributed by atoms with Gasteiger partial charge in [-0.05, 0) is 23.1 Å². The van der Waals surface area contributed by atoms with E-state index in [1.807, 2.05) is 60.7 Å². The van der Waals surface area contributed by atoms with Gasteiger partial charge in [-0.15, -0.1) is 17.9 Å². The molecule has 0 saturated heterocycles. The lowest BCUT2D eigenvalue weighted by atomic mass is 10.1. The molecule has 6 nitrogen and oxygen atoms in total. The van der Waals surface area contributed by atoms with E-state index in [0.717, 1.165) is 20.5 Å². The highest BCUT2D eigenvalue weighted by Crippen LogP contribution is 2.25. The topological polar surface area (TPSA) is 80.2 Å². The van der Waals surface area contributed by atoms with Crippen LogP contribution in [-0.4, -0.2) is 22.9 Å². The quantitative estimate of drug-likeness (QED) is 0.393. The van der Waals surface area contributed by atoms with Crippen molar-refractivity contribution in [2.45, 2.75) is 13.1 Å². The van der Waals surface area contributed by atoms with Crippen molar-refractivity contribution in [1.29, 1.82) is 0 Å². The molecule has 166 valence electrons. The Hall–Kier alpha value is -3.97. The van der Waals surface area contributed by atoms with Gasteiger partial charge in [0.1, 0.15) is 11.1 Å². The van der Waals surface area contributed by atoms with Crippen LogP contribution in [-0.2, 0) is 13.1 Å². The number of thiophene rings is 1. The summed E-state index contributed by atoms with van der Waals surface area (Å²) in [6.07, 6.45) is 4.51. The molecule has 2 aromatic heterocycles. The number of amides is 2. The molecular weight excluding hydrogens is 434 g/mol. The Kier molecular flexibility index (Phi) is 6.80. The fourth-order valence-electron chi connectivity index (χ4n) is 3.49. The summed E-state index contributed by atoms with van der Waals surface area (Å²) in [5.41, 5.74) is 0.227. The number of fused-ring (bicyclic) bond motifs is 1. The minimum atomic E-state index is -0.602. The van der Waals surface area contributed by atoms with Crippen molar-refractivity contribution in [2.24, 2.45) is 0 Å². The fraction of sp³-hybridized carbons (Fsp3) is 0.115. The highest BCUT2D eigenvalue weighted by atomic mass is 32.1. The molecule has 0 atom stereocenters. The molecule has 2 N–H and O–H groups in total. The van der Waals surface area contributed by atoms with E-state index in [0.29, 0.717) is 13.1 Å². The van der Waals surface area contributed by atoms with E-state index in [1.54, 1.807) is 15.9 Å². The Morgan fingerprint density at radius 1 is 0.939 bits per heavy atom. The van der Waals surface area contributed by atoms with Gasteiger partial charge in [-0.3, -0.25) is 14.4 Å². The Bertz CT molecular complexity index is 1340. The number of nitrogens with one attached hydrogen (secondary N) is 2. The van der Waals surface area contributed by atoms with E-state index < -0.39 is 17.2 Å². The van der Waals surface area contributed by atoms with Crippen LogP contribution in [0.2, 0.25) is 0 Å². The van der Waals surface area contributed by atoms with Crippen LogP contribution < -0.4 is 16.1 Å². The van der Waals surface area contributed by atoms with Crippen LogP contribution in [0.25, 0.3) is 10.1 Å². The van der Waals surface area contributed by atoms with Gasteiger partial charge in [0.05, 0.1) is 6.54 Å². The van der Waals surface area contributed by atoms with Gasteiger partial charge in [0.15, 0.2) is 0 Å². The van der Waals surface area contributed by atoms with Crippen molar-refractivity contribution in [2.75, 3.05) is 6.54 Å². The number of nitrogens with zero attached hydrogens (tertiary/aromatic N) is 1. The average molecular weight is 458 g/mol. The van der Waals surface area contributed by atoms with Gasteiger partial charge in [0.2, 0.25) is 5.43 Å². The molecule has 2 aromatic carbocycles. The first-order valence-electron chi connectivity index (χ1n) is 10.5. The first-order valence-corrected chi connectivity index (χ1v) is 11.3. The third-order valence-electron chi connectivity index (χ3n) is 5.08. The maximum absolute atomic E-state index is 13.0. The standard InChI is InChI=1S/C26H23N3O3S/c1-2-12-27-25(31)21-16-29(15-18-8-4-3-5-9-18)17-22(24(21)30)26(32)28-14-20-13-19-10-6-7-11-23(19)33-20/h2-11,13,16-17H,1,12,14-15H2,(H,27,31)(H,28,32). The van der Waals surface area contributed by atoms with Gasteiger partial charge in [-0.2, -0.15) is 0 Å². The van der Waals surface area contributed by atoms with Gasteiger partial charge < -0.3 is 15.2 Å². The molecule has 2 heterocycles. The monoisotopic (exact) mass is 457 g/mol. The van der Waals surface area contributed by atoms with Crippen molar-refractivity contribution in [3.63, 3.8) is 0 Å². The second-order valence-corrected chi connectivity index (χ2v) is 8.67. The molecule has 0 unspecified atom stereocenters. The molecule has 0 fully saturated rings.